The van der Waals surface area contributed by atoms with Gasteiger partial charge in [0.2, 0.25) is 0 Å². The second-order valence-electron chi connectivity index (χ2n) is 6.60. The van der Waals surface area contributed by atoms with Crippen molar-refractivity contribution < 1.29 is 14.3 Å². The molecular weight excluding hydrogens is 356 g/mol. The van der Waals surface area contributed by atoms with Crippen LogP contribution in [-0.4, -0.2) is 54.7 Å². The highest BCUT2D eigenvalue weighted by Crippen LogP contribution is 2.15. The quantitative estimate of drug-likeness (QED) is 0.829. The Morgan fingerprint density at radius 2 is 1.50 bits per heavy atom. The number of ether oxygens (including phenoxy) is 1. The number of urea groups is 1. The number of hydrogen-bond donors (Lipinski definition) is 2. The van der Waals surface area contributed by atoms with Crippen molar-refractivity contribution in [3.8, 4) is 0 Å². The molecule has 1 saturated heterocycles. The molecule has 0 atom stereocenters. The minimum absolute atomic E-state index is 0.106. The monoisotopic (exact) mass is 382 g/mol. The molecule has 0 radical (unpaired) electrons. The van der Waals surface area contributed by atoms with Crippen LogP contribution < -0.4 is 10.6 Å². The van der Waals surface area contributed by atoms with Crippen molar-refractivity contribution in [1.82, 2.24) is 9.80 Å². The lowest BCUT2D eigenvalue weighted by Crippen LogP contribution is -2.49. The van der Waals surface area contributed by atoms with Crippen LogP contribution in [0.25, 0.3) is 0 Å². The zero-order valence-electron chi connectivity index (χ0n) is 16.1. The van der Waals surface area contributed by atoms with Gasteiger partial charge in [-0.15, -0.1) is 0 Å². The maximum Gasteiger partial charge on any atom is 0.411 e. The van der Waals surface area contributed by atoms with Gasteiger partial charge in [0.25, 0.3) is 0 Å². The summed E-state index contributed by atoms with van der Waals surface area (Å²) in [5.41, 5.74) is 2.59. The average molecular weight is 382 g/mol. The third-order valence-electron chi connectivity index (χ3n) is 4.57. The molecule has 7 nitrogen and oxygen atoms in total. The van der Waals surface area contributed by atoms with Gasteiger partial charge in [0.1, 0.15) is 0 Å². The van der Waals surface area contributed by atoms with Crippen molar-refractivity contribution in [2.45, 2.75) is 13.5 Å². The predicted octanol–water partition coefficient (Wildman–Crippen LogP) is 3.60. The van der Waals surface area contributed by atoms with Gasteiger partial charge in [-0.2, -0.15) is 0 Å². The van der Waals surface area contributed by atoms with E-state index in [0.717, 1.165) is 19.6 Å². The number of rotatable bonds is 5. The Kier molecular flexibility index (Phi) is 6.86. The summed E-state index contributed by atoms with van der Waals surface area (Å²) >= 11 is 0. The van der Waals surface area contributed by atoms with Crippen LogP contribution in [0.3, 0.4) is 0 Å². The zero-order valence-corrected chi connectivity index (χ0v) is 16.1. The SMILES string of the molecule is CCOC(=O)Nc1ccc(NC(=O)N2CCN(Cc3ccccc3)CC2)cc1. The summed E-state index contributed by atoms with van der Waals surface area (Å²) in [4.78, 5) is 28.1. The first-order valence-electron chi connectivity index (χ1n) is 9.50. The molecule has 1 fully saturated rings. The number of carbonyl (C=O) groups is 2. The summed E-state index contributed by atoms with van der Waals surface area (Å²) < 4.78 is 4.84. The van der Waals surface area contributed by atoms with E-state index in [1.54, 1.807) is 31.2 Å². The van der Waals surface area contributed by atoms with Gasteiger partial charge in [-0.05, 0) is 36.8 Å². The molecule has 0 saturated carbocycles. The molecule has 0 spiro atoms. The lowest BCUT2D eigenvalue weighted by Gasteiger charge is -2.34. The number of piperazine rings is 1. The number of amides is 3. The number of hydrogen-bond acceptors (Lipinski definition) is 4. The van der Waals surface area contributed by atoms with Gasteiger partial charge in [-0.1, -0.05) is 30.3 Å². The van der Waals surface area contributed by atoms with Gasteiger partial charge >= 0.3 is 12.1 Å². The molecule has 148 valence electrons. The maximum absolute atomic E-state index is 12.5. The van der Waals surface area contributed by atoms with Gasteiger partial charge in [0.15, 0.2) is 0 Å². The summed E-state index contributed by atoms with van der Waals surface area (Å²) in [6, 6.07) is 17.2. The first-order valence-corrected chi connectivity index (χ1v) is 9.50. The molecule has 3 rings (SSSR count). The van der Waals surface area contributed by atoms with E-state index in [4.69, 9.17) is 4.74 Å². The van der Waals surface area contributed by atoms with E-state index in [9.17, 15) is 9.59 Å². The van der Waals surface area contributed by atoms with Gasteiger partial charge < -0.3 is 15.0 Å². The largest absolute Gasteiger partial charge is 0.450 e. The van der Waals surface area contributed by atoms with E-state index in [1.807, 2.05) is 23.1 Å². The molecule has 1 heterocycles. The van der Waals surface area contributed by atoms with Crippen molar-refractivity contribution in [1.29, 1.82) is 0 Å². The van der Waals surface area contributed by atoms with Crippen LogP contribution in [0, 0.1) is 0 Å². The molecule has 0 aliphatic carbocycles. The molecule has 0 bridgehead atoms. The van der Waals surface area contributed by atoms with E-state index >= 15 is 0 Å². The minimum atomic E-state index is -0.493. The Morgan fingerprint density at radius 3 is 2.11 bits per heavy atom. The van der Waals surface area contributed by atoms with E-state index in [2.05, 4.69) is 27.7 Å². The van der Waals surface area contributed by atoms with Crippen LogP contribution in [0.4, 0.5) is 21.0 Å². The van der Waals surface area contributed by atoms with Gasteiger partial charge in [-0.25, -0.2) is 9.59 Å². The highest BCUT2D eigenvalue weighted by molar-refractivity contribution is 5.90. The molecular formula is C21H26N4O3. The van der Waals surface area contributed by atoms with E-state index < -0.39 is 6.09 Å². The first-order chi connectivity index (χ1) is 13.6. The highest BCUT2D eigenvalue weighted by Gasteiger charge is 2.21. The number of nitrogens with one attached hydrogen (secondary N) is 2. The van der Waals surface area contributed by atoms with Crippen molar-refractivity contribution in [3.05, 3.63) is 60.2 Å². The first kappa shape index (κ1) is 19.7. The molecule has 28 heavy (non-hydrogen) atoms. The van der Waals surface area contributed by atoms with Crippen molar-refractivity contribution in [2.24, 2.45) is 0 Å². The van der Waals surface area contributed by atoms with E-state index in [1.165, 1.54) is 5.56 Å². The number of benzene rings is 2. The molecule has 1 aliphatic rings. The average Bonchev–Trinajstić information content (AvgIpc) is 2.71. The van der Waals surface area contributed by atoms with Crippen LogP contribution in [-0.2, 0) is 11.3 Å². The lowest BCUT2D eigenvalue weighted by molar-refractivity contribution is 0.143. The minimum Gasteiger partial charge on any atom is -0.450 e. The Labute approximate surface area is 165 Å². The maximum atomic E-state index is 12.5. The molecule has 2 aromatic carbocycles. The zero-order chi connectivity index (χ0) is 19.8. The second kappa shape index (κ2) is 9.75. The van der Waals surface area contributed by atoms with Crippen LogP contribution in [0.15, 0.2) is 54.6 Å². The fourth-order valence-corrected chi connectivity index (χ4v) is 3.08. The van der Waals surface area contributed by atoms with Gasteiger partial charge in [-0.3, -0.25) is 10.2 Å². The van der Waals surface area contributed by atoms with Gasteiger partial charge in [0.05, 0.1) is 6.61 Å². The third kappa shape index (κ3) is 5.72. The highest BCUT2D eigenvalue weighted by atomic mass is 16.5. The summed E-state index contributed by atoms with van der Waals surface area (Å²) in [5, 5.41) is 5.53. The number of nitrogens with zero attached hydrogens (tertiary/aromatic N) is 2. The molecule has 1 aliphatic heterocycles. The van der Waals surface area contributed by atoms with Crippen LogP contribution in [0.5, 0.6) is 0 Å². The van der Waals surface area contributed by atoms with E-state index in [-0.39, 0.29) is 6.03 Å². The fraction of sp³-hybridized carbons (Fsp3) is 0.333. The normalized spacial score (nSPS) is 14.4. The molecule has 2 aromatic rings. The summed E-state index contributed by atoms with van der Waals surface area (Å²) in [7, 11) is 0. The lowest BCUT2D eigenvalue weighted by atomic mass is 10.2. The Hall–Kier alpha value is -3.06. The topological polar surface area (TPSA) is 73.9 Å². The van der Waals surface area contributed by atoms with Crippen LogP contribution in [0.2, 0.25) is 0 Å². The Morgan fingerprint density at radius 1 is 0.893 bits per heavy atom. The molecule has 0 aromatic heterocycles. The van der Waals surface area contributed by atoms with Crippen molar-refractivity contribution >= 4 is 23.5 Å². The smallest absolute Gasteiger partial charge is 0.411 e. The van der Waals surface area contributed by atoms with E-state index in [0.29, 0.717) is 31.1 Å². The summed E-state index contributed by atoms with van der Waals surface area (Å²) in [6.45, 7) is 6.07. The third-order valence-corrected chi connectivity index (χ3v) is 4.57. The number of carbonyl (C=O) groups excluding carboxylic acids is 2. The second-order valence-corrected chi connectivity index (χ2v) is 6.60. The standard InChI is InChI=1S/C21H26N4O3/c1-2-28-21(27)23-19-10-8-18(9-11-19)22-20(26)25-14-12-24(13-15-25)16-17-6-4-3-5-7-17/h3-11H,2,12-16H2,1H3,(H,22,26)(H,23,27). The number of anilines is 2. The van der Waals surface area contributed by atoms with Crippen LogP contribution in [0.1, 0.15) is 12.5 Å². The van der Waals surface area contributed by atoms with Crippen molar-refractivity contribution in [2.75, 3.05) is 43.4 Å². The summed E-state index contributed by atoms with van der Waals surface area (Å²) in [6.07, 6.45) is -0.493. The Balaban J connectivity index is 1.44. The molecule has 2 N–H and O–H groups in total. The summed E-state index contributed by atoms with van der Waals surface area (Å²) in [5.74, 6) is 0. The van der Waals surface area contributed by atoms with Crippen LogP contribution >= 0.6 is 0 Å². The fourth-order valence-electron chi connectivity index (χ4n) is 3.08. The van der Waals surface area contributed by atoms with Gasteiger partial charge in [0, 0.05) is 44.1 Å². The molecule has 3 amide bonds. The molecule has 7 heteroatoms. The predicted molar refractivity (Wildman–Crippen MR) is 109 cm³/mol. The van der Waals surface area contributed by atoms with Crippen molar-refractivity contribution in [3.63, 3.8) is 0 Å². The Bertz CT molecular complexity index is 772. The molecule has 0 unspecified atom stereocenters.